The molecule has 0 aliphatic heterocycles. The van der Waals surface area contributed by atoms with E-state index >= 15 is 0 Å². The summed E-state index contributed by atoms with van der Waals surface area (Å²) in [6.45, 7) is 2.21. The fourth-order valence-corrected chi connectivity index (χ4v) is 2.05. The van der Waals surface area contributed by atoms with Crippen LogP contribution < -0.4 is 20.3 Å². The topological polar surface area (TPSA) is 96.9 Å². The highest BCUT2D eigenvalue weighted by atomic mass is 16.5. The van der Waals surface area contributed by atoms with Gasteiger partial charge in [0.15, 0.2) is 0 Å². The second-order valence-electron chi connectivity index (χ2n) is 4.77. The van der Waals surface area contributed by atoms with Crippen LogP contribution in [0.15, 0.2) is 42.5 Å². The SMILES string of the molecule is CCOc1ccc(C(=O)NO)cc1NC(=O)c1ccc(OC)cc1. The third-order valence-electron chi connectivity index (χ3n) is 3.24. The maximum absolute atomic E-state index is 12.4. The van der Waals surface area contributed by atoms with Gasteiger partial charge in [-0.1, -0.05) is 0 Å². The van der Waals surface area contributed by atoms with Gasteiger partial charge in [-0.25, -0.2) is 5.48 Å². The fraction of sp³-hybridized carbons (Fsp3) is 0.176. The second kappa shape index (κ2) is 7.98. The van der Waals surface area contributed by atoms with Gasteiger partial charge < -0.3 is 14.8 Å². The van der Waals surface area contributed by atoms with Crippen LogP contribution in [0.4, 0.5) is 5.69 Å². The van der Waals surface area contributed by atoms with Crippen LogP contribution in [0.5, 0.6) is 11.5 Å². The van der Waals surface area contributed by atoms with Crippen molar-refractivity contribution < 1.29 is 24.3 Å². The van der Waals surface area contributed by atoms with Gasteiger partial charge in [0.1, 0.15) is 11.5 Å². The van der Waals surface area contributed by atoms with Gasteiger partial charge in [-0.05, 0) is 49.4 Å². The molecule has 0 saturated heterocycles. The lowest BCUT2D eigenvalue weighted by atomic mass is 10.1. The summed E-state index contributed by atoms with van der Waals surface area (Å²) in [7, 11) is 1.54. The Morgan fingerprint density at radius 2 is 1.71 bits per heavy atom. The van der Waals surface area contributed by atoms with Crippen molar-refractivity contribution in [3.63, 3.8) is 0 Å². The number of hydroxylamine groups is 1. The van der Waals surface area contributed by atoms with E-state index in [1.165, 1.54) is 12.1 Å². The zero-order chi connectivity index (χ0) is 17.5. The summed E-state index contributed by atoms with van der Waals surface area (Å²) >= 11 is 0. The lowest BCUT2D eigenvalue weighted by molar-refractivity contribution is 0.0706. The largest absolute Gasteiger partial charge is 0.497 e. The number of rotatable bonds is 6. The maximum atomic E-state index is 12.4. The molecule has 0 spiro atoms. The van der Waals surface area contributed by atoms with E-state index in [9.17, 15) is 9.59 Å². The molecule has 0 unspecified atom stereocenters. The minimum absolute atomic E-state index is 0.186. The van der Waals surface area contributed by atoms with Gasteiger partial charge >= 0.3 is 0 Å². The molecule has 7 heteroatoms. The van der Waals surface area contributed by atoms with E-state index in [0.29, 0.717) is 29.4 Å². The average Bonchev–Trinajstić information content (AvgIpc) is 2.62. The molecule has 2 rings (SSSR count). The maximum Gasteiger partial charge on any atom is 0.274 e. The van der Waals surface area contributed by atoms with Crippen molar-refractivity contribution in [1.82, 2.24) is 5.48 Å². The smallest absolute Gasteiger partial charge is 0.274 e. The lowest BCUT2D eigenvalue weighted by Gasteiger charge is -2.13. The van der Waals surface area contributed by atoms with Crippen LogP contribution >= 0.6 is 0 Å². The molecule has 2 aromatic rings. The Morgan fingerprint density at radius 3 is 2.29 bits per heavy atom. The summed E-state index contributed by atoms with van der Waals surface area (Å²) < 4.78 is 10.5. The molecule has 0 radical (unpaired) electrons. The van der Waals surface area contributed by atoms with E-state index in [-0.39, 0.29) is 11.5 Å². The van der Waals surface area contributed by atoms with Gasteiger partial charge in [0, 0.05) is 11.1 Å². The quantitative estimate of drug-likeness (QED) is 0.558. The highest BCUT2D eigenvalue weighted by Gasteiger charge is 2.13. The molecule has 3 N–H and O–H groups in total. The summed E-state index contributed by atoms with van der Waals surface area (Å²) in [4.78, 5) is 23.9. The van der Waals surface area contributed by atoms with E-state index in [4.69, 9.17) is 14.7 Å². The molecular weight excluding hydrogens is 312 g/mol. The zero-order valence-electron chi connectivity index (χ0n) is 13.3. The van der Waals surface area contributed by atoms with Crippen LogP contribution in [-0.2, 0) is 0 Å². The van der Waals surface area contributed by atoms with Gasteiger partial charge in [0.05, 0.1) is 19.4 Å². The van der Waals surface area contributed by atoms with Crippen molar-refractivity contribution in [1.29, 1.82) is 0 Å². The Hall–Kier alpha value is -3.06. The minimum Gasteiger partial charge on any atom is -0.497 e. The van der Waals surface area contributed by atoms with Crippen molar-refractivity contribution >= 4 is 17.5 Å². The van der Waals surface area contributed by atoms with E-state index in [1.807, 2.05) is 6.92 Å². The first-order valence-electron chi connectivity index (χ1n) is 7.25. The molecule has 0 bridgehead atoms. The molecule has 0 aliphatic carbocycles. The molecular formula is C17H18N2O5. The Morgan fingerprint density at radius 1 is 1.04 bits per heavy atom. The van der Waals surface area contributed by atoms with E-state index in [0.717, 1.165) is 0 Å². The molecule has 0 saturated carbocycles. The number of ether oxygens (including phenoxy) is 2. The van der Waals surface area contributed by atoms with Crippen molar-refractivity contribution in [2.45, 2.75) is 6.92 Å². The monoisotopic (exact) mass is 330 g/mol. The first-order chi connectivity index (χ1) is 11.6. The number of benzene rings is 2. The minimum atomic E-state index is -0.682. The average molecular weight is 330 g/mol. The Bertz CT molecular complexity index is 728. The second-order valence-corrected chi connectivity index (χ2v) is 4.77. The van der Waals surface area contributed by atoms with Crippen LogP contribution in [0.25, 0.3) is 0 Å². The number of carbonyl (C=O) groups is 2. The first-order valence-corrected chi connectivity index (χ1v) is 7.25. The molecule has 0 aliphatic rings. The predicted octanol–water partition coefficient (Wildman–Crippen LogP) is 2.47. The molecule has 0 atom stereocenters. The van der Waals surface area contributed by atoms with Gasteiger partial charge in [-0.15, -0.1) is 0 Å². The zero-order valence-corrected chi connectivity index (χ0v) is 13.3. The van der Waals surface area contributed by atoms with E-state index in [2.05, 4.69) is 5.32 Å². The van der Waals surface area contributed by atoms with Crippen molar-refractivity contribution in [3.05, 3.63) is 53.6 Å². The number of hydrogen-bond donors (Lipinski definition) is 3. The standard InChI is InChI=1S/C17H18N2O5/c1-3-24-15-9-6-12(17(21)19-22)10-14(15)18-16(20)11-4-7-13(23-2)8-5-11/h4-10,22H,3H2,1-2H3,(H,18,20)(H,19,21). The van der Waals surface area contributed by atoms with Crippen LogP contribution in [0, 0.1) is 0 Å². The number of carbonyl (C=O) groups excluding carboxylic acids is 2. The third kappa shape index (κ3) is 4.02. The summed E-state index contributed by atoms with van der Waals surface area (Å²) in [5, 5.41) is 11.4. The number of methoxy groups -OCH3 is 1. The molecule has 2 amide bonds. The van der Waals surface area contributed by atoms with Crippen LogP contribution in [0.1, 0.15) is 27.6 Å². The predicted molar refractivity (Wildman–Crippen MR) is 87.8 cm³/mol. The Labute approximate surface area is 139 Å². The van der Waals surface area contributed by atoms with Crippen LogP contribution in [0.3, 0.4) is 0 Å². The van der Waals surface area contributed by atoms with Crippen molar-refractivity contribution in [2.24, 2.45) is 0 Å². The van der Waals surface area contributed by atoms with Gasteiger partial charge in [0.25, 0.3) is 11.8 Å². The molecule has 0 aromatic heterocycles. The van der Waals surface area contributed by atoms with Crippen molar-refractivity contribution in [2.75, 3.05) is 19.0 Å². The third-order valence-corrected chi connectivity index (χ3v) is 3.24. The number of nitrogens with one attached hydrogen (secondary N) is 2. The molecule has 24 heavy (non-hydrogen) atoms. The van der Waals surface area contributed by atoms with Gasteiger partial charge in [0.2, 0.25) is 0 Å². The summed E-state index contributed by atoms with van der Waals surface area (Å²) in [5.41, 5.74) is 2.50. The van der Waals surface area contributed by atoms with E-state index < -0.39 is 5.91 Å². The normalized spacial score (nSPS) is 9.96. The first kappa shape index (κ1) is 17.3. The Kier molecular flexibility index (Phi) is 5.75. The fourth-order valence-electron chi connectivity index (χ4n) is 2.05. The Balaban J connectivity index is 2.27. The van der Waals surface area contributed by atoms with Crippen LogP contribution in [-0.4, -0.2) is 30.7 Å². The number of amides is 2. The van der Waals surface area contributed by atoms with Gasteiger partial charge in [-0.2, -0.15) is 0 Å². The van der Waals surface area contributed by atoms with E-state index in [1.54, 1.807) is 42.9 Å². The summed E-state index contributed by atoms with van der Waals surface area (Å²) in [6, 6.07) is 11.1. The highest BCUT2D eigenvalue weighted by molar-refractivity contribution is 6.06. The lowest BCUT2D eigenvalue weighted by Crippen LogP contribution is -2.19. The molecule has 126 valence electrons. The number of anilines is 1. The van der Waals surface area contributed by atoms with Crippen LogP contribution in [0.2, 0.25) is 0 Å². The molecule has 0 heterocycles. The molecule has 0 fully saturated rings. The summed E-state index contributed by atoms with van der Waals surface area (Å²) in [6.07, 6.45) is 0. The highest BCUT2D eigenvalue weighted by Crippen LogP contribution is 2.27. The van der Waals surface area contributed by atoms with Crippen molar-refractivity contribution in [3.8, 4) is 11.5 Å². The summed E-state index contributed by atoms with van der Waals surface area (Å²) in [5.74, 6) is 0.0233. The molecule has 7 nitrogen and oxygen atoms in total. The molecule has 2 aromatic carbocycles. The van der Waals surface area contributed by atoms with Gasteiger partial charge in [-0.3, -0.25) is 14.8 Å². The number of hydrogen-bond acceptors (Lipinski definition) is 5.